The van der Waals surface area contributed by atoms with Crippen LogP contribution in [0.5, 0.6) is 0 Å². The van der Waals surface area contributed by atoms with Crippen molar-refractivity contribution in [3.63, 3.8) is 0 Å². The highest BCUT2D eigenvalue weighted by molar-refractivity contribution is 5.83. The van der Waals surface area contributed by atoms with Crippen LogP contribution >= 0.6 is 0 Å². The average molecular weight is 293 g/mol. The molecule has 2 rings (SSSR count). The third-order valence-electron chi connectivity index (χ3n) is 3.89. The Morgan fingerprint density at radius 3 is 2.90 bits per heavy atom. The summed E-state index contributed by atoms with van der Waals surface area (Å²) in [7, 11) is 1.66. The molecule has 1 fully saturated rings. The highest BCUT2D eigenvalue weighted by Crippen LogP contribution is 2.29. The Kier molecular flexibility index (Phi) is 4.24. The van der Waals surface area contributed by atoms with Gasteiger partial charge in [-0.25, -0.2) is 0 Å². The summed E-state index contributed by atoms with van der Waals surface area (Å²) in [5.41, 5.74) is 5.93. The smallest absolute Gasteiger partial charge is 0.269 e. The number of nitrogens with two attached hydrogens (primary N) is 1. The maximum atomic E-state index is 12.5. The van der Waals surface area contributed by atoms with Crippen LogP contribution in [-0.2, 0) is 16.1 Å². The van der Waals surface area contributed by atoms with Crippen LogP contribution in [0.15, 0.2) is 24.3 Å². The predicted octanol–water partition coefficient (Wildman–Crippen LogP) is 0.917. The lowest BCUT2D eigenvalue weighted by molar-refractivity contribution is -0.384. The number of nitro benzene ring substituents is 1. The molecule has 1 aromatic carbocycles. The minimum atomic E-state index is -0.741. The zero-order valence-corrected chi connectivity index (χ0v) is 12.1. The molecule has 114 valence electrons. The fraction of sp³-hybridized carbons (Fsp3) is 0.500. The van der Waals surface area contributed by atoms with Gasteiger partial charge in [0.15, 0.2) is 0 Å². The number of nitro groups is 1. The van der Waals surface area contributed by atoms with Crippen molar-refractivity contribution in [3.05, 3.63) is 39.9 Å². The standard InChI is InChI=1S/C14H19N3O4/c1-14(9-21-8-12(14)15)13(18)16(2)7-10-4-3-5-11(6-10)17(19)20/h3-6,12H,7-9,15H2,1-2H3. The molecule has 2 unspecified atom stereocenters. The van der Waals surface area contributed by atoms with Crippen molar-refractivity contribution in [2.24, 2.45) is 11.1 Å². The molecule has 1 aromatic rings. The lowest BCUT2D eigenvalue weighted by atomic mass is 9.84. The second-order valence-electron chi connectivity index (χ2n) is 5.63. The summed E-state index contributed by atoms with van der Waals surface area (Å²) in [6.45, 7) is 2.75. The van der Waals surface area contributed by atoms with E-state index in [1.165, 1.54) is 17.0 Å². The molecule has 1 aliphatic rings. The van der Waals surface area contributed by atoms with E-state index in [9.17, 15) is 14.9 Å². The molecule has 1 aliphatic heterocycles. The molecule has 7 heteroatoms. The van der Waals surface area contributed by atoms with Gasteiger partial charge in [0.1, 0.15) is 0 Å². The Hall–Kier alpha value is -1.99. The number of non-ortho nitro benzene ring substituents is 1. The van der Waals surface area contributed by atoms with Gasteiger partial charge < -0.3 is 15.4 Å². The normalized spacial score (nSPS) is 24.8. The fourth-order valence-electron chi connectivity index (χ4n) is 2.46. The second kappa shape index (κ2) is 5.79. The number of amides is 1. The monoisotopic (exact) mass is 293 g/mol. The summed E-state index contributed by atoms with van der Waals surface area (Å²) in [4.78, 5) is 24.4. The van der Waals surface area contributed by atoms with Crippen LogP contribution < -0.4 is 5.73 Å². The number of rotatable bonds is 4. The summed E-state index contributed by atoms with van der Waals surface area (Å²) in [6.07, 6.45) is 0. The second-order valence-corrected chi connectivity index (χ2v) is 5.63. The molecule has 2 N–H and O–H groups in total. The van der Waals surface area contributed by atoms with Crippen molar-refractivity contribution in [1.29, 1.82) is 0 Å². The lowest BCUT2D eigenvalue weighted by Crippen LogP contribution is -2.50. The molecule has 2 atom stereocenters. The quantitative estimate of drug-likeness (QED) is 0.657. The fourth-order valence-corrected chi connectivity index (χ4v) is 2.46. The first-order valence-corrected chi connectivity index (χ1v) is 6.67. The van der Waals surface area contributed by atoms with Crippen LogP contribution in [0.1, 0.15) is 12.5 Å². The Morgan fingerprint density at radius 2 is 2.33 bits per heavy atom. The van der Waals surface area contributed by atoms with Crippen LogP contribution in [0.3, 0.4) is 0 Å². The first kappa shape index (κ1) is 15.4. The first-order chi connectivity index (χ1) is 9.84. The summed E-state index contributed by atoms with van der Waals surface area (Å²) in [5.74, 6) is -0.112. The third-order valence-corrected chi connectivity index (χ3v) is 3.89. The molecule has 0 saturated carbocycles. The zero-order valence-electron chi connectivity index (χ0n) is 12.1. The molecule has 1 amide bonds. The summed E-state index contributed by atoms with van der Waals surface area (Å²) in [6, 6.07) is 5.92. The lowest BCUT2D eigenvalue weighted by Gasteiger charge is -2.30. The van der Waals surface area contributed by atoms with E-state index in [0.29, 0.717) is 25.3 Å². The number of hydrogen-bond donors (Lipinski definition) is 1. The van der Waals surface area contributed by atoms with E-state index in [1.54, 1.807) is 26.1 Å². The Morgan fingerprint density at radius 1 is 1.62 bits per heavy atom. The number of carbonyl (C=O) groups excluding carboxylic acids is 1. The molecule has 0 spiro atoms. The van der Waals surface area contributed by atoms with Crippen LogP contribution in [0.2, 0.25) is 0 Å². The average Bonchev–Trinajstić information content (AvgIpc) is 2.79. The van der Waals surface area contributed by atoms with E-state index < -0.39 is 10.3 Å². The Balaban J connectivity index is 2.11. The molecule has 0 radical (unpaired) electrons. The van der Waals surface area contributed by atoms with E-state index in [4.69, 9.17) is 10.5 Å². The topological polar surface area (TPSA) is 98.7 Å². The SMILES string of the molecule is CN(Cc1cccc([N+](=O)[O-])c1)C(=O)C1(C)COCC1N. The van der Waals surface area contributed by atoms with Gasteiger partial charge in [0.05, 0.1) is 23.6 Å². The number of ether oxygens (including phenoxy) is 1. The maximum Gasteiger partial charge on any atom is 0.269 e. The first-order valence-electron chi connectivity index (χ1n) is 6.67. The van der Waals surface area contributed by atoms with Crippen molar-refractivity contribution in [2.45, 2.75) is 19.5 Å². The van der Waals surface area contributed by atoms with Crippen molar-refractivity contribution < 1.29 is 14.5 Å². The van der Waals surface area contributed by atoms with Gasteiger partial charge in [-0.05, 0) is 12.5 Å². The van der Waals surface area contributed by atoms with Gasteiger partial charge in [0.2, 0.25) is 5.91 Å². The minimum Gasteiger partial charge on any atom is -0.379 e. The number of benzene rings is 1. The molecular formula is C14H19N3O4. The van der Waals surface area contributed by atoms with Crippen molar-refractivity contribution in [1.82, 2.24) is 4.90 Å². The van der Waals surface area contributed by atoms with Crippen LogP contribution in [-0.4, -0.2) is 42.0 Å². The molecule has 1 heterocycles. The zero-order chi connectivity index (χ0) is 15.6. The minimum absolute atomic E-state index is 0.0143. The predicted molar refractivity (Wildman–Crippen MR) is 76.5 cm³/mol. The molecule has 21 heavy (non-hydrogen) atoms. The van der Waals surface area contributed by atoms with Crippen molar-refractivity contribution in [2.75, 3.05) is 20.3 Å². The van der Waals surface area contributed by atoms with Gasteiger partial charge in [-0.3, -0.25) is 14.9 Å². The molecule has 0 aromatic heterocycles. The van der Waals surface area contributed by atoms with Crippen LogP contribution in [0, 0.1) is 15.5 Å². The van der Waals surface area contributed by atoms with E-state index >= 15 is 0 Å². The highest BCUT2D eigenvalue weighted by atomic mass is 16.6. The highest BCUT2D eigenvalue weighted by Gasteiger charge is 2.45. The van der Waals surface area contributed by atoms with Gasteiger partial charge in [0, 0.05) is 31.8 Å². The number of carbonyl (C=O) groups is 1. The van der Waals surface area contributed by atoms with E-state index in [0.717, 1.165) is 0 Å². The Labute approximate surface area is 122 Å². The van der Waals surface area contributed by atoms with Crippen LogP contribution in [0.4, 0.5) is 5.69 Å². The largest absolute Gasteiger partial charge is 0.379 e. The van der Waals surface area contributed by atoms with Gasteiger partial charge in [-0.1, -0.05) is 12.1 Å². The summed E-state index contributed by atoms with van der Waals surface area (Å²) in [5, 5.41) is 10.8. The van der Waals surface area contributed by atoms with E-state index in [1.807, 2.05) is 0 Å². The maximum absolute atomic E-state index is 12.5. The Bertz CT molecular complexity index is 563. The van der Waals surface area contributed by atoms with Crippen molar-refractivity contribution in [3.8, 4) is 0 Å². The van der Waals surface area contributed by atoms with Crippen molar-refractivity contribution >= 4 is 11.6 Å². The van der Waals surface area contributed by atoms with E-state index in [-0.39, 0.29) is 17.6 Å². The van der Waals surface area contributed by atoms with Gasteiger partial charge in [-0.2, -0.15) is 0 Å². The summed E-state index contributed by atoms with van der Waals surface area (Å²) < 4.78 is 5.28. The van der Waals surface area contributed by atoms with Gasteiger partial charge in [0.25, 0.3) is 5.69 Å². The summed E-state index contributed by atoms with van der Waals surface area (Å²) >= 11 is 0. The van der Waals surface area contributed by atoms with Crippen LogP contribution in [0.25, 0.3) is 0 Å². The molecule has 1 saturated heterocycles. The third kappa shape index (κ3) is 3.03. The van der Waals surface area contributed by atoms with Gasteiger partial charge in [-0.15, -0.1) is 0 Å². The number of nitrogens with zero attached hydrogens (tertiary/aromatic N) is 2. The molecule has 0 aliphatic carbocycles. The molecular weight excluding hydrogens is 274 g/mol. The van der Waals surface area contributed by atoms with E-state index in [2.05, 4.69) is 0 Å². The molecule has 7 nitrogen and oxygen atoms in total. The van der Waals surface area contributed by atoms with Gasteiger partial charge >= 0.3 is 0 Å². The number of hydrogen-bond acceptors (Lipinski definition) is 5. The molecule has 0 bridgehead atoms.